The zero-order chi connectivity index (χ0) is 18.5. The number of nitrogens with zero attached hydrogens (tertiary/aromatic N) is 3. The molecule has 134 valence electrons. The molecule has 6 nitrogen and oxygen atoms in total. The summed E-state index contributed by atoms with van der Waals surface area (Å²) >= 11 is 0. The molecule has 1 atom stereocenters. The molecular weight excluding hydrogens is 350 g/mol. The van der Waals surface area contributed by atoms with E-state index in [1.165, 1.54) is 4.31 Å². The molecule has 0 spiro atoms. The molecule has 1 aliphatic heterocycles. The van der Waals surface area contributed by atoms with Gasteiger partial charge in [0.1, 0.15) is 0 Å². The third-order valence-electron chi connectivity index (χ3n) is 4.66. The molecule has 0 aliphatic carbocycles. The van der Waals surface area contributed by atoms with Gasteiger partial charge in [0, 0.05) is 18.5 Å². The molecule has 26 heavy (non-hydrogen) atoms. The molecule has 0 saturated carbocycles. The van der Waals surface area contributed by atoms with E-state index in [1.807, 2.05) is 31.2 Å². The molecule has 4 rings (SSSR count). The van der Waals surface area contributed by atoms with Crippen molar-refractivity contribution >= 4 is 15.7 Å². The van der Waals surface area contributed by atoms with Crippen molar-refractivity contribution in [1.82, 2.24) is 10.1 Å². The Morgan fingerprint density at radius 1 is 1.15 bits per heavy atom. The number of rotatable bonds is 3. The Labute approximate surface area is 152 Å². The predicted molar refractivity (Wildman–Crippen MR) is 98.5 cm³/mol. The number of benzene rings is 2. The standard InChI is InChI=1S/C19H19N3O3S/c1-12-8-9-16(19-20-14(3)25-21-19)11-18(12)26(23,24)22-13(2)10-15-6-4-5-7-17(15)22/h4-9,11,13H,10H2,1-3H3/t13-/m0/s1. The Morgan fingerprint density at radius 3 is 2.65 bits per heavy atom. The topological polar surface area (TPSA) is 76.3 Å². The van der Waals surface area contributed by atoms with Gasteiger partial charge in [-0.15, -0.1) is 0 Å². The van der Waals surface area contributed by atoms with Crippen LogP contribution in [-0.2, 0) is 16.4 Å². The van der Waals surface area contributed by atoms with Gasteiger partial charge < -0.3 is 4.52 Å². The Bertz CT molecular complexity index is 1090. The van der Waals surface area contributed by atoms with Crippen molar-refractivity contribution in [3.63, 3.8) is 0 Å². The molecule has 0 fully saturated rings. The fraction of sp³-hybridized carbons (Fsp3) is 0.263. The summed E-state index contributed by atoms with van der Waals surface area (Å²) in [6.45, 7) is 5.43. The van der Waals surface area contributed by atoms with Crippen LogP contribution >= 0.6 is 0 Å². The Balaban J connectivity index is 1.84. The number of hydrogen-bond donors (Lipinski definition) is 0. The first-order chi connectivity index (χ1) is 12.4. The maximum atomic E-state index is 13.5. The summed E-state index contributed by atoms with van der Waals surface area (Å²) in [6, 6.07) is 12.7. The van der Waals surface area contributed by atoms with Gasteiger partial charge in [-0.2, -0.15) is 4.98 Å². The lowest BCUT2D eigenvalue weighted by Gasteiger charge is -2.25. The monoisotopic (exact) mass is 369 g/mol. The SMILES string of the molecule is Cc1nc(-c2ccc(C)c(S(=O)(=O)N3c4ccccc4C[C@@H]3C)c2)no1. The van der Waals surface area contributed by atoms with Crippen LogP contribution in [-0.4, -0.2) is 24.6 Å². The number of hydrogen-bond acceptors (Lipinski definition) is 5. The lowest BCUT2D eigenvalue weighted by molar-refractivity contribution is 0.394. The van der Waals surface area contributed by atoms with Crippen LogP contribution in [0.4, 0.5) is 5.69 Å². The molecule has 7 heteroatoms. The van der Waals surface area contributed by atoms with Crippen LogP contribution in [0.2, 0.25) is 0 Å². The van der Waals surface area contributed by atoms with Gasteiger partial charge >= 0.3 is 0 Å². The molecular formula is C19H19N3O3S. The van der Waals surface area contributed by atoms with Crippen molar-refractivity contribution in [3.8, 4) is 11.4 Å². The Morgan fingerprint density at radius 2 is 1.92 bits per heavy atom. The van der Waals surface area contributed by atoms with E-state index in [1.54, 1.807) is 32.0 Å². The number of anilines is 1. The van der Waals surface area contributed by atoms with Crippen LogP contribution in [0.3, 0.4) is 0 Å². The number of fused-ring (bicyclic) bond motifs is 1. The smallest absolute Gasteiger partial charge is 0.264 e. The minimum Gasteiger partial charge on any atom is -0.339 e. The molecule has 2 heterocycles. The first kappa shape index (κ1) is 16.8. The number of sulfonamides is 1. The Hall–Kier alpha value is -2.67. The van der Waals surface area contributed by atoms with E-state index in [9.17, 15) is 8.42 Å². The van der Waals surface area contributed by atoms with E-state index in [0.29, 0.717) is 29.3 Å². The normalized spacial score (nSPS) is 16.7. The number of aromatic nitrogens is 2. The summed E-state index contributed by atoms with van der Waals surface area (Å²) in [7, 11) is -3.71. The fourth-order valence-corrected chi connectivity index (χ4v) is 5.39. The van der Waals surface area contributed by atoms with E-state index in [2.05, 4.69) is 10.1 Å². The van der Waals surface area contributed by atoms with Gasteiger partial charge in [0.15, 0.2) is 0 Å². The van der Waals surface area contributed by atoms with Crippen LogP contribution in [0.1, 0.15) is 23.9 Å². The van der Waals surface area contributed by atoms with Crippen LogP contribution in [0.5, 0.6) is 0 Å². The van der Waals surface area contributed by atoms with Crippen molar-refractivity contribution in [3.05, 3.63) is 59.5 Å². The summed E-state index contributed by atoms with van der Waals surface area (Å²) in [5.74, 6) is 0.820. The molecule has 0 N–H and O–H groups in total. The van der Waals surface area contributed by atoms with Crippen LogP contribution in [0, 0.1) is 13.8 Å². The molecule has 0 saturated heterocycles. The molecule has 1 aliphatic rings. The van der Waals surface area contributed by atoms with E-state index >= 15 is 0 Å². The van der Waals surface area contributed by atoms with Crippen molar-refractivity contribution in [1.29, 1.82) is 0 Å². The van der Waals surface area contributed by atoms with E-state index in [-0.39, 0.29) is 10.9 Å². The molecule has 2 aromatic carbocycles. The summed E-state index contributed by atoms with van der Waals surface area (Å²) in [6.07, 6.45) is 0.707. The second kappa shape index (κ2) is 5.95. The van der Waals surface area contributed by atoms with E-state index < -0.39 is 10.0 Å². The molecule has 0 radical (unpaired) electrons. The average molecular weight is 369 g/mol. The van der Waals surface area contributed by atoms with Gasteiger partial charge in [0.05, 0.1) is 10.6 Å². The molecule has 0 unspecified atom stereocenters. The van der Waals surface area contributed by atoms with Gasteiger partial charge in [-0.05, 0) is 43.5 Å². The lowest BCUT2D eigenvalue weighted by Crippen LogP contribution is -2.36. The van der Waals surface area contributed by atoms with Crippen molar-refractivity contribution in [2.45, 2.75) is 38.1 Å². The second-order valence-corrected chi connectivity index (χ2v) is 8.38. The quantitative estimate of drug-likeness (QED) is 0.706. The third-order valence-corrected chi connectivity index (χ3v) is 6.73. The number of para-hydroxylation sites is 1. The maximum Gasteiger partial charge on any atom is 0.264 e. The average Bonchev–Trinajstić information content (AvgIpc) is 3.17. The minimum atomic E-state index is -3.71. The highest BCUT2D eigenvalue weighted by atomic mass is 32.2. The van der Waals surface area contributed by atoms with E-state index in [4.69, 9.17) is 4.52 Å². The molecule has 1 aromatic heterocycles. The van der Waals surface area contributed by atoms with E-state index in [0.717, 1.165) is 11.3 Å². The van der Waals surface area contributed by atoms with Crippen LogP contribution in [0.25, 0.3) is 11.4 Å². The van der Waals surface area contributed by atoms with Gasteiger partial charge in [-0.25, -0.2) is 8.42 Å². The summed E-state index contributed by atoms with van der Waals surface area (Å²) in [4.78, 5) is 4.46. The fourth-order valence-electron chi connectivity index (χ4n) is 3.44. The summed E-state index contributed by atoms with van der Waals surface area (Å²) in [5, 5.41) is 3.89. The maximum absolute atomic E-state index is 13.5. The van der Waals surface area contributed by atoms with Gasteiger partial charge in [0.2, 0.25) is 11.7 Å². The highest BCUT2D eigenvalue weighted by Gasteiger charge is 2.36. The first-order valence-electron chi connectivity index (χ1n) is 8.41. The predicted octanol–water partition coefficient (Wildman–Crippen LogP) is 3.49. The van der Waals surface area contributed by atoms with Gasteiger partial charge in [0.25, 0.3) is 10.0 Å². The highest BCUT2D eigenvalue weighted by Crippen LogP contribution is 2.37. The van der Waals surface area contributed by atoms with Crippen LogP contribution in [0.15, 0.2) is 51.9 Å². The van der Waals surface area contributed by atoms with Gasteiger partial charge in [-0.1, -0.05) is 35.5 Å². The summed E-state index contributed by atoms with van der Waals surface area (Å²) in [5.41, 5.74) is 3.10. The summed E-state index contributed by atoms with van der Waals surface area (Å²) < 4.78 is 33.5. The molecule has 0 amide bonds. The minimum absolute atomic E-state index is 0.132. The highest BCUT2D eigenvalue weighted by molar-refractivity contribution is 7.93. The zero-order valence-electron chi connectivity index (χ0n) is 14.8. The second-order valence-electron chi connectivity index (χ2n) is 6.60. The molecule has 0 bridgehead atoms. The van der Waals surface area contributed by atoms with Crippen molar-refractivity contribution in [2.24, 2.45) is 0 Å². The first-order valence-corrected chi connectivity index (χ1v) is 9.85. The number of aryl methyl sites for hydroxylation is 2. The van der Waals surface area contributed by atoms with Crippen LogP contribution < -0.4 is 4.31 Å². The molecule has 3 aromatic rings. The third kappa shape index (κ3) is 2.59. The van der Waals surface area contributed by atoms with Crippen molar-refractivity contribution in [2.75, 3.05) is 4.31 Å². The largest absolute Gasteiger partial charge is 0.339 e. The van der Waals surface area contributed by atoms with Crippen molar-refractivity contribution < 1.29 is 12.9 Å². The Kier molecular flexibility index (Phi) is 3.84. The lowest BCUT2D eigenvalue weighted by atomic mass is 10.1. The zero-order valence-corrected chi connectivity index (χ0v) is 15.6. The van der Waals surface area contributed by atoms with Gasteiger partial charge in [-0.3, -0.25) is 4.31 Å².